The second-order valence-electron chi connectivity index (χ2n) is 4.63. The van der Waals surface area contributed by atoms with Crippen LogP contribution in [0.15, 0.2) is 29.6 Å². The number of halogens is 3. The predicted octanol–water partition coefficient (Wildman–Crippen LogP) is 3.43. The molecule has 5 nitrogen and oxygen atoms in total. The van der Waals surface area contributed by atoms with E-state index in [2.05, 4.69) is 9.97 Å². The normalized spacial score (nSPS) is 11.4. The highest BCUT2D eigenvalue weighted by Crippen LogP contribution is 2.34. The van der Waals surface area contributed by atoms with Gasteiger partial charge in [0, 0.05) is 6.20 Å². The van der Waals surface area contributed by atoms with Gasteiger partial charge in [0.15, 0.2) is 5.16 Å². The van der Waals surface area contributed by atoms with Gasteiger partial charge in [-0.05, 0) is 24.0 Å². The molecule has 1 heterocycles. The van der Waals surface area contributed by atoms with Crippen LogP contribution >= 0.6 is 11.8 Å². The van der Waals surface area contributed by atoms with Crippen molar-refractivity contribution in [2.75, 3.05) is 18.6 Å². The molecule has 0 saturated carbocycles. The Morgan fingerprint density at radius 1 is 1.33 bits per heavy atom. The van der Waals surface area contributed by atoms with Crippen molar-refractivity contribution < 1.29 is 22.7 Å². The molecule has 0 bridgehead atoms. The van der Waals surface area contributed by atoms with Gasteiger partial charge in [-0.1, -0.05) is 18.7 Å². The quantitative estimate of drug-likeness (QED) is 0.502. The molecule has 0 fully saturated rings. The fraction of sp³-hybridized carbons (Fsp3) is 0.267. The molecule has 0 radical (unpaired) electrons. The van der Waals surface area contributed by atoms with Crippen molar-refractivity contribution >= 4 is 23.4 Å². The lowest BCUT2D eigenvalue weighted by atomic mass is 10.0. The van der Waals surface area contributed by atoms with Crippen molar-refractivity contribution in [3.63, 3.8) is 0 Å². The third-order valence-electron chi connectivity index (χ3n) is 3.09. The van der Waals surface area contributed by atoms with Crippen molar-refractivity contribution in [2.24, 2.45) is 0 Å². The smallest absolute Gasteiger partial charge is 0.416 e. The van der Waals surface area contributed by atoms with Crippen LogP contribution in [0.1, 0.15) is 28.4 Å². The highest BCUT2D eigenvalue weighted by Gasteiger charge is 2.32. The van der Waals surface area contributed by atoms with Crippen LogP contribution in [0.5, 0.6) is 5.75 Å². The number of thioether (sulfide) groups is 1. The number of carbonyl (C=O) groups is 1. The maximum absolute atomic E-state index is 12.8. The number of alkyl halides is 3. The highest BCUT2D eigenvalue weighted by molar-refractivity contribution is 7.99. The van der Waals surface area contributed by atoms with E-state index in [1.54, 1.807) is 0 Å². The minimum absolute atomic E-state index is 0.00788. The van der Waals surface area contributed by atoms with E-state index >= 15 is 0 Å². The summed E-state index contributed by atoms with van der Waals surface area (Å²) in [7, 11) is 1.19. The Kier molecular flexibility index (Phi) is 5.33. The van der Waals surface area contributed by atoms with Crippen LogP contribution in [-0.2, 0) is 6.18 Å². The third kappa shape index (κ3) is 3.78. The van der Waals surface area contributed by atoms with E-state index in [0.717, 1.165) is 24.0 Å². The van der Waals surface area contributed by atoms with E-state index < -0.39 is 17.5 Å². The average molecular weight is 357 g/mol. The van der Waals surface area contributed by atoms with Crippen molar-refractivity contribution in [2.45, 2.75) is 18.3 Å². The molecule has 9 heteroatoms. The molecule has 1 aromatic heterocycles. The van der Waals surface area contributed by atoms with Crippen LogP contribution in [0.3, 0.4) is 0 Å². The highest BCUT2D eigenvalue weighted by atomic mass is 32.2. The molecule has 0 atom stereocenters. The van der Waals surface area contributed by atoms with Crippen LogP contribution < -0.4 is 10.5 Å². The predicted molar refractivity (Wildman–Crippen MR) is 84.3 cm³/mol. The zero-order chi connectivity index (χ0) is 17.9. The SMILES string of the molecule is CCSc1ncc(C(=O)c2ccc(C(F)(F)F)cc2OC)c(N)n1. The van der Waals surface area contributed by atoms with Crippen molar-refractivity contribution in [3.8, 4) is 5.75 Å². The molecule has 2 rings (SSSR count). The summed E-state index contributed by atoms with van der Waals surface area (Å²) < 4.78 is 43.2. The van der Waals surface area contributed by atoms with Gasteiger partial charge in [0.05, 0.1) is 23.8 Å². The van der Waals surface area contributed by atoms with Gasteiger partial charge in [0.2, 0.25) is 5.78 Å². The zero-order valence-electron chi connectivity index (χ0n) is 12.8. The number of methoxy groups -OCH3 is 1. The molecule has 1 aromatic carbocycles. The molecule has 0 amide bonds. The van der Waals surface area contributed by atoms with Crippen molar-refractivity contribution in [1.29, 1.82) is 0 Å². The number of ether oxygens (including phenoxy) is 1. The van der Waals surface area contributed by atoms with Gasteiger partial charge in [0.1, 0.15) is 11.6 Å². The van der Waals surface area contributed by atoms with Gasteiger partial charge in [-0.2, -0.15) is 13.2 Å². The lowest BCUT2D eigenvalue weighted by Crippen LogP contribution is -2.12. The third-order valence-corrected chi connectivity index (χ3v) is 3.83. The minimum atomic E-state index is -4.53. The Balaban J connectivity index is 2.43. The van der Waals surface area contributed by atoms with Gasteiger partial charge < -0.3 is 10.5 Å². The Labute approximate surface area is 140 Å². The number of carbonyl (C=O) groups excluding carboxylic acids is 1. The molecule has 0 aliphatic rings. The zero-order valence-corrected chi connectivity index (χ0v) is 13.7. The summed E-state index contributed by atoms with van der Waals surface area (Å²) in [6, 6.07) is 2.64. The number of nitrogen functional groups attached to an aromatic ring is 1. The van der Waals surface area contributed by atoms with Gasteiger partial charge >= 0.3 is 6.18 Å². The van der Waals surface area contributed by atoms with Crippen molar-refractivity contribution in [3.05, 3.63) is 41.1 Å². The number of hydrogen-bond donors (Lipinski definition) is 1. The number of benzene rings is 1. The summed E-state index contributed by atoms with van der Waals surface area (Å²) in [4.78, 5) is 20.6. The molecule has 0 unspecified atom stereocenters. The monoisotopic (exact) mass is 357 g/mol. The molecule has 2 aromatic rings. The molecular formula is C15H14F3N3O2S. The first kappa shape index (κ1) is 18.1. The van der Waals surface area contributed by atoms with Crippen LogP contribution in [0.4, 0.5) is 19.0 Å². The van der Waals surface area contributed by atoms with Crippen LogP contribution in [0.25, 0.3) is 0 Å². The first-order valence-corrected chi connectivity index (χ1v) is 7.81. The van der Waals surface area contributed by atoms with E-state index in [0.29, 0.717) is 5.16 Å². The van der Waals surface area contributed by atoms with Crippen LogP contribution in [0.2, 0.25) is 0 Å². The van der Waals surface area contributed by atoms with Gasteiger partial charge in [0.25, 0.3) is 0 Å². The Morgan fingerprint density at radius 3 is 2.58 bits per heavy atom. The Morgan fingerprint density at radius 2 is 2.04 bits per heavy atom. The number of ketones is 1. The Hall–Kier alpha value is -2.29. The number of nitrogens with zero attached hydrogens (tertiary/aromatic N) is 2. The van der Waals surface area contributed by atoms with E-state index in [4.69, 9.17) is 10.5 Å². The molecule has 0 aliphatic carbocycles. The van der Waals surface area contributed by atoms with Crippen molar-refractivity contribution in [1.82, 2.24) is 9.97 Å². The van der Waals surface area contributed by atoms with E-state index in [-0.39, 0.29) is 22.7 Å². The van der Waals surface area contributed by atoms with E-state index in [1.807, 2.05) is 6.92 Å². The summed E-state index contributed by atoms with van der Waals surface area (Å²) in [6.07, 6.45) is -3.27. The fourth-order valence-electron chi connectivity index (χ4n) is 1.95. The van der Waals surface area contributed by atoms with E-state index in [9.17, 15) is 18.0 Å². The number of nitrogens with two attached hydrogens (primary N) is 1. The summed E-state index contributed by atoms with van der Waals surface area (Å²) in [5.41, 5.74) is 4.83. The van der Waals surface area contributed by atoms with Gasteiger partial charge in [-0.3, -0.25) is 4.79 Å². The topological polar surface area (TPSA) is 78.1 Å². The largest absolute Gasteiger partial charge is 0.496 e. The summed E-state index contributed by atoms with van der Waals surface area (Å²) >= 11 is 1.35. The summed E-state index contributed by atoms with van der Waals surface area (Å²) in [5.74, 6) is -0.0975. The molecule has 0 aliphatic heterocycles. The lowest BCUT2D eigenvalue weighted by molar-refractivity contribution is -0.137. The molecule has 128 valence electrons. The molecule has 2 N–H and O–H groups in total. The number of anilines is 1. The fourth-order valence-corrected chi connectivity index (χ4v) is 2.50. The maximum Gasteiger partial charge on any atom is 0.416 e. The number of rotatable bonds is 5. The average Bonchev–Trinajstić information content (AvgIpc) is 2.53. The van der Waals surface area contributed by atoms with Gasteiger partial charge in [-0.25, -0.2) is 9.97 Å². The summed E-state index contributed by atoms with van der Waals surface area (Å²) in [5, 5.41) is 0.422. The molecule has 0 spiro atoms. The standard InChI is InChI=1S/C15H14F3N3O2S/c1-3-24-14-20-7-10(13(19)21-14)12(22)9-5-4-8(15(16,17)18)6-11(9)23-2/h4-7H,3H2,1-2H3,(H2,19,20,21). The summed E-state index contributed by atoms with van der Waals surface area (Å²) in [6.45, 7) is 1.91. The number of hydrogen-bond acceptors (Lipinski definition) is 6. The number of aromatic nitrogens is 2. The second kappa shape index (κ2) is 7.08. The van der Waals surface area contributed by atoms with Crippen LogP contribution in [-0.4, -0.2) is 28.6 Å². The first-order valence-electron chi connectivity index (χ1n) is 6.83. The van der Waals surface area contributed by atoms with Crippen LogP contribution in [0, 0.1) is 0 Å². The lowest BCUT2D eigenvalue weighted by Gasteiger charge is -2.12. The second-order valence-corrected chi connectivity index (χ2v) is 5.86. The minimum Gasteiger partial charge on any atom is -0.496 e. The van der Waals surface area contributed by atoms with E-state index in [1.165, 1.54) is 25.1 Å². The molecule has 24 heavy (non-hydrogen) atoms. The molecule has 0 saturated heterocycles. The Bertz CT molecular complexity index is 766. The maximum atomic E-state index is 12.8. The first-order chi connectivity index (χ1) is 11.3. The van der Waals surface area contributed by atoms with Gasteiger partial charge in [-0.15, -0.1) is 0 Å². The molecular weight excluding hydrogens is 343 g/mol.